The van der Waals surface area contributed by atoms with Crippen LogP contribution in [0.4, 0.5) is 5.88 Å². The van der Waals surface area contributed by atoms with E-state index in [9.17, 15) is 10.1 Å². The van der Waals surface area contributed by atoms with Gasteiger partial charge in [-0.25, -0.2) is 0 Å². The SMILES string of the molecule is CCC(N)(CC)c1noc(-c2ccc([N+](=O)[O-])o2)n1. The van der Waals surface area contributed by atoms with Crippen LogP contribution in [0.2, 0.25) is 0 Å². The summed E-state index contributed by atoms with van der Waals surface area (Å²) in [4.78, 5) is 14.0. The van der Waals surface area contributed by atoms with Crippen molar-refractivity contribution in [3.63, 3.8) is 0 Å². The molecule has 2 aromatic rings. The van der Waals surface area contributed by atoms with E-state index in [4.69, 9.17) is 14.7 Å². The molecule has 2 rings (SSSR count). The molecule has 2 N–H and O–H groups in total. The number of nitrogens with zero attached hydrogens (tertiary/aromatic N) is 3. The van der Waals surface area contributed by atoms with E-state index in [1.54, 1.807) is 0 Å². The summed E-state index contributed by atoms with van der Waals surface area (Å²) in [5.41, 5.74) is 5.47. The van der Waals surface area contributed by atoms with Gasteiger partial charge in [-0.1, -0.05) is 19.0 Å². The van der Waals surface area contributed by atoms with Crippen LogP contribution in [0.5, 0.6) is 0 Å². The molecule has 0 radical (unpaired) electrons. The van der Waals surface area contributed by atoms with Crippen LogP contribution in [0.15, 0.2) is 21.1 Å². The first-order valence-electron chi connectivity index (χ1n) is 5.88. The molecule has 8 nitrogen and oxygen atoms in total. The number of rotatable bonds is 5. The highest BCUT2D eigenvalue weighted by Gasteiger charge is 2.30. The Balaban J connectivity index is 2.32. The minimum atomic E-state index is -0.666. The van der Waals surface area contributed by atoms with Crippen LogP contribution in [0.1, 0.15) is 32.5 Å². The third-order valence-corrected chi connectivity index (χ3v) is 3.12. The Labute approximate surface area is 108 Å². The highest BCUT2D eigenvalue weighted by atomic mass is 16.6. The number of hydrogen-bond donors (Lipinski definition) is 1. The maximum absolute atomic E-state index is 10.5. The van der Waals surface area contributed by atoms with Crippen molar-refractivity contribution >= 4 is 5.88 Å². The Morgan fingerprint density at radius 1 is 1.42 bits per heavy atom. The van der Waals surface area contributed by atoms with Crippen molar-refractivity contribution in [2.75, 3.05) is 0 Å². The van der Waals surface area contributed by atoms with Crippen molar-refractivity contribution in [1.29, 1.82) is 0 Å². The molecular formula is C11H14N4O4. The van der Waals surface area contributed by atoms with Crippen LogP contribution >= 0.6 is 0 Å². The molecule has 0 aliphatic carbocycles. The van der Waals surface area contributed by atoms with E-state index in [-0.39, 0.29) is 17.5 Å². The fourth-order valence-corrected chi connectivity index (χ4v) is 1.63. The lowest BCUT2D eigenvalue weighted by molar-refractivity contribution is -0.401. The van der Waals surface area contributed by atoms with Crippen molar-refractivity contribution in [2.45, 2.75) is 32.2 Å². The second kappa shape index (κ2) is 4.81. The maximum atomic E-state index is 10.5. The predicted octanol–water partition coefficient (Wildman–Crippen LogP) is 2.21. The lowest BCUT2D eigenvalue weighted by Crippen LogP contribution is -2.36. The monoisotopic (exact) mass is 266 g/mol. The number of aromatic nitrogens is 2. The molecule has 102 valence electrons. The Kier molecular flexibility index (Phi) is 3.34. The molecule has 0 spiro atoms. The van der Waals surface area contributed by atoms with E-state index in [2.05, 4.69) is 10.1 Å². The largest absolute Gasteiger partial charge is 0.433 e. The molecule has 19 heavy (non-hydrogen) atoms. The smallest absolute Gasteiger partial charge is 0.395 e. The van der Waals surface area contributed by atoms with Gasteiger partial charge in [0.1, 0.15) is 4.92 Å². The minimum absolute atomic E-state index is 0.0832. The summed E-state index contributed by atoms with van der Waals surface area (Å²) in [6.45, 7) is 3.86. The standard InChI is InChI=1S/C11H14N4O4/c1-3-11(12,4-2)10-13-9(19-14-10)7-5-6-8(18-7)15(16)17/h5-6H,3-4,12H2,1-2H3. The van der Waals surface area contributed by atoms with E-state index in [0.717, 1.165) is 0 Å². The number of nitro groups is 1. The highest BCUT2D eigenvalue weighted by molar-refractivity contribution is 5.46. The quantitative estimate of drug-likeness (QED) is 0.650. The second-order valence-electron chi connectivity index (χ2n) is 4.18. The van der Waals surface area contributed by atoms with Crippen LogP contribution in [-0.4, -0.2) is 15.1 Å². The topological polar surface area (TPSA) is 121 Å². The average Bonchev–Trinajstić information content (AvgIpc) is 3.05. The molecule has 0 unspecified atom stereocenters. The van der Waals surface area contributed by atoms with Crippen molar-refractivity contribution in [2.24, 2.45) is 5.73 Å². The van der Waals surface area contributed by atoms with Crippen LogP contribution < -0.4 is 5.73 Å². The Hall–Kier alpha value is -2.22. The summed E-state index contributed by atoms with van der Waals surface area (Å²) in [7, 11) is 0. The molecule has 0 bridgehead atoms. The number of furan rings is 1. The summed E-state index contributed by atoms with van der Waals surface area (Å²) in [6.07, 6.45) is 1.31. The molecule has 2 heterocycles. The fraction of sp³-hybridized carbons (Fsp3) is 0.455. The third kappa shape index (κ3) is 2.34. The van der Waals surface area contributed by atoms with Gasteiger partial charge in [0.25, 0.3) is 5.89 Å². The summed E-state index contributed by atoms with van der Waals surface area (Å²) in [6, 6.07) is 2.64. The summed E-state index contributed by atoms with van der Waals surface area (Å²) in [5.74, 6) is 0.228. The zero-order chi connectivity index (χ0) is 14.0. The van der Waals surface area contributed by atoms with E-state index in [1.807, 2.05) is 13.8 Å². The molecule has 0 saturated heterocycles. The van der Waals surface area contributed by atoms with Gasteiger partial charge in [-0.3, -0.25) is 10.1 Å². The Morgan fingerprint density at radius 3 is 2.63 bits per heavy atom. The van der Waals surface area contributed by atoms with Gasteiger partial charge in [0.15, 0.2) is 11.6 Å². The molecule has 2 aromatic heterocycles. The third-order valence-electron chi connectivity index (χ3n) is 3.12. The van der Waals surface area contributed by atoms with Gasteiger partial charge >= 0.3 is 5.88 Å². The van der Waals surface area contributed by atoms with Crippen LogP contribution in [0.3, 0.4) is 0 Å². The summed E-state index contributed by atoms with van der Waals surface area (Å²) < 4.78 is 10.0. The maximum Gasteiger partial charge on any atom is 0.433 e. The van der Waals surface area contributed by atoms with E-state index >= 15 is 0 Å². The van der Waals surface area contributed by atoms with Gasteiger partial charge in [0, 0.05) is 0 Å². The van der Waals surface area contributed by atoms with Gasteiger partial charge in [-0.15, -0.1) is 0 Å². The lowest BCUT2D eigenvalue weighted by atomic mass is 9.93. The van der Waals surface area contributed by atoms with Crippen molar-refractivity contribution in [1.82, 2.24) is 10.1 Å². The number of nitrogens with two attached hydrogens (primary N) is 1. The zero-order valence-corrected chi connectivity index (χ0v) is 10.6. The van der Waals surface area contributed by atoms with Crippen molar-refractivity contribution < 1.29 is 13.9 Å². The molecule has 0 aromatic carbocycles. The number of hydrogen-bond acceptors (Lipinski definition) is 7. The molecule has 0 atom stereocenters. The molecular weight excluding hydrogens is 252 g/mol. The Bertz CT molecular complexity index is 585. The van der Waals surface area contributed by atoms with Gasteiger partial charge in [0.2, 0.25) is 0 Å². The molecule has 0 amide bonds. The predicted molar refractivity (Wildman–Crippen MR) is 65.1 cm³/mol. The molecule has 8 heteroatoms. The molecule has 0 saturated carbocycles. The van der Waals surface area contributed by atoms with Crippen LogP contribution in [0.25, 0.3) is 11.7 Å². The van der Waals surface area contributed by atoms with Crippen LogP contribution in [0, 0.1) is 10.1 Å². The first kappa shape index (κ1) is 13.2. The summed E-state index contributed by atoms with van der Waals surface area (Å²) >= 11 is 0. The van der Waals surface area contributed by atoms with E-state index in [1.165, 1.54) is 12.1 Å². The highest BCUT2D eigenvalue weighted by Crippen LogP contribution is 2.28. The van der Waals surface area contributed by atoms with E-state index in [0.29, 0.717) is 18.7 Å². The molecule has 0 aliphatic rings. The average molecular weight is 266 g/mol. The van der Waals surface area contributed by atoms with E-state index < -0.39 is 10.5 Å². The molecule has 0 aliphatic heterocycles. The van der Waals surface area contributed by atoms with Crippen molar-refractivity contribution in [3.8, 4) is 11.7 Å². The molecule has 0 fully saturated rings. The summed E-state index contributed by atoms with van der Waals surface area (Å²) in [5, 5.41) is 14.3. The Morgan fingerprint density at radius 2 is 2.11 bits per heavy atom. The van der Waals surface area contributed by atoms with Gasteiger partial charge in [-0.05, 0) is 18.9 Å². The lowest BCUT2D eigenvalue weighted by Gasteiger charge is -2.21. The van der Waals surface area contributed by atoms with Crippen molar-refractivity contribution in [3.05, 3.63) is 28.1 Å². The van der Waals surface area contributed by atoms with Gasteiger partial charge in [0.05, 0.1) is 11.6 Å². The van der Waals surface area contributed by atoms with Gasteiger partial charge in [-0.2, -0.15) is 4.98 Å². The minimum Gasteiger partial charge on any atom is -0.395 e. The van der Waals surface area contributed by atoms with Crippen LogP contribution in [-0.2, 0) is 5.54 Å². The second-order valence-corrected chi connectivity index (χ2v) is 4.18. The van der Waals surface area contributed by atoms with Gasteiger partial charge < -0.3 is 14.7 Å². The fourth-order valence-electron chi connectivity index (χ4n) is 1.63. The first-order chi connectivity index (χ1) is 9.00. The first-order valence-corrected chi connectivity index (χ1v) is 5.88. The normalized spacial score (nSPS) is 11.7. The zero-order valence-electron chi connectivity index (χ0n) is 10.6.